The van der Waals surface area contributed by atoms with E-state index >= 15 is 0 Å². The first-order valence-corrected chi connectivity index (χ1v) is 11.5. The summed E-state index contributed by atoms with van der Waals surface area (Å²) < 4.78 is 25.9. The van der Waals surface area contributed by atoms with Gasteiger partial charge in [0.1, 0.15) is 28.7 Å². The Morgan fingerprint density at radius 1 is 1.09 bits per heavy atom. The van der Waals surface area contributed by atoms with Crippen molar-refractivity contribution in [2.45, 2.75) is 39.0 Å². The summed E-state index contributed by atoms with van der Waals surface area (Å²) in [6.07, 6.45) is 3.78. The number of carbonyl (C=O) groups is 2. The molecule has 0 amide bonds. The molecule has 7 heteroatoms. The molecule has 0 N–H and O–H groups in total. The molecule has 5 nitrogen and oxygen atoms in total. The van der Waals surface area contributed by atoms with Crippen LogP contribution in [-0.2, 0) is 9.59 Å². The number of aryl methyl sites for hydroxylation is 1. The van der Waals surface area contributed by atoms with E-state index in [0.717, 1.165) is 19.3 Å². The number of ether oxygens (including phenoxy) is 1. The summed E-state index contributed by atoms with van der Waals surface area (Å²) in [6, 6.07) is 8.73. The molecule has 3 atom stereocenters. The Morgan fingerprint density at radius 3 is 2.52 bits per heavy atom. The molecule has 170 valence electrons. The summed E-state index contributed by atoms with van der Waals surface area (Å²) in [5.74, 6) is -0.625. The van der Waals surface area contributed by atoms with Gasteiger partial charge in [-0.2, -0.15) is 0 Å². The van der Waals surface area contributed by atoms with Crippen LogP contribution < -0.4 is 10.2 Å². The van der Waals surface area contributed by atoms with E-state index < -0.39 is 11.2 Å². The molecule has 1 heterocycles. The van der Waals surface area contributed by atoms with Crippen LogP contribution in [0, 0.1) is 30.5 Å². The first kappa shape index (κ1) is 21.8. The number of esters is 1. The number of halogens is 2. The van der Waals surface area contributed by atoms with Gasteiger partial charge in [0, 0.05) is 23.5 Å². The molecule has 2 saturated carbocycles. The van der Waals surface area contributed by atoms with Crippen molar-refractivity contribution in [3.05, 3.63) is 63.2 Å². The third-order valence-electron chi connectivity index (χ3n) is 6.85. The summed E-state index contributed by atoms with van der Waals surface area (Å²) in [5.41, 5.74) is -0.124. The molecule has 2 fully saturated rings. The van der Waals surface area contributed by atoms with Crippen LogP contribution in [0.4, 0.5) is 4.39 Å². The molecule has 0 aliphatic heterocycles. The van der Waals surface area contributed by atoms with E-state index in [4.69, 9.17) is 20.8 Å². The number of hydrogen-bond donors (Lipinski definition) is 0. The molecule has 2 aromatic carbocycles. The Kier molecular flexibility index (Phi) is 5.57. The number of Topliss-reactive ketones (excluding diaryl/α,β-unsaturated/α-hetero) is 1. The van der Waals surface area contributed by atoms with Crippen molar-refractivity contribution in [1.82, 2.24) is 0 Å². The molecule has 1 aromatic heterocycles. The standard InChI is InChI=1S/C26H22ClFO5/c1-13-22(23-19(27)6-3-7-20(23)28)25(30)18-9-8-17(12-21(18)32-13)33-26(31)16-10-14-4-2-5-15(11-16)24(14)29/h3,6-9,12,14-16H,2,4-5,10-11H2,1H3/t14-,15+,16?. The van der Waals surface area contributed by atoms with Crippen molar-refractivity contribution in [1.29, 1.82) is 0 Å². The SMILES string of the molecule is Cc1oc2cc(OC(=O)C3C[C@H]4CCC[C@@H](C3)C4=O)ccc2c(=O)c1-c1c(F)cccc1Cl. The highest BCUT2D eigenvalue weighted by Crippen LogP contribution is 2.41. The second kappa shape index (κ2) is 8.41. The summed E-state index contributed by atoms with van der Waals surface area (Å²) in [4.78, 5) is 38.3. The normalized spacial score (nSPS) is 22.4. The quantitative estimate of drug-likeness (QED) is 0.355. The Morgan fingerprint density at radius 2 is 1.82 bits per heavy atom. The van der Waals surface area contributed by atoms with Gasteiger partial charge in [-0.3, -0.25) is 14.4 Å². The monoisotopic (exact) mass is 468 g/mol. The predicted molar refractivity (Wildman–Crippen MR) is 122 cm³/mol. The molecule has 2 bridgehead atoms. The van der Waals surface area contributed by atoms with Gasteiger partial charge in [-0.15, -0.1) is 0 Å². The Labute approximate surface area is 194 Å². The van der Waals surface area contributed by atoms with Gasteiger partial charge in [0.05, 0.1) is 21.9 Å². The fraction of sp³-hybridized carbons (Fsp3) is 0.346. The Balaban J connectivity index is 1.44. The van der Waals surface area contributed by atoms with Gasteiger partial charge in [0.15, 0.2) is 0 Å². The fourth-order valence-electron chi connectivity index (χ4n) is 5.25. The number of ketones is 1. The topological polar surface area (TPSA) is 73.6 Å². The van der Waals surface area contributed by atoms with Gasteiger partial charge in [-0.25, -0.2) is 4.39 Å². The van der Waals surface area contributed by atoms with Gasteiger partial charge in [-0.05, 0) is 56.9 Å². The van der Waals surface area contributed by atoms with E-state index in [2.05, 4.69) is 0 Å². The smallest absolute Gasteiger partial charge is 0.314 e. The van der Waals surface area contributed by atoms with Crippen molar-refractivity contribution < 1.29 is 23.1 Å². The van der Waals surface area contributed by atoms with E-state index in [0.29, 0.717) is 18.6 Å². The zero-order valence-electron chi connectivity index (χ0n) is 18.0. The minimum absolute atomic E-state index is 0.000199. The second-order valence-electron chi connectivity index (χ2n) is 8.93. The molecule has 1 unspecified atom stereocenters. The lowest BCUT2D eigenvalue weighted by atomic mass is 9.67. The number of carbonyl (C=O) groups excluding carboxylic acids is 2. The van der Waals surface area contributed by atoms with E-state index in [1.165, 1.54) is 36.4 Å². The molecule has 2 aliphatic rings. The minimum Gasteiger partial charge on any atom is -0.460 e. The summed E-state index contributed by atoms with van der Waals surface area (Å²) in [7, 11) is 0. The molecule has 33 heavy (non-hydrogen) atoms. The van der Waals surface area contributed by atoms with Crippen LogP contribution in [0.3, 0.4) is 0 Å². The number of rotatable bonds is 3. The average molecular weight is 469 g/mol. The molecule has 2 aliphatic carbocycles. The lowest BCUT2D eigenvalue weighted by Crippen LogP contribution is -2.40. The highest BCUT2D eigenvalue weighted by atomic mass is 35.5. The van der Waals surface area contributed by atoms with Crippen molar-refractivity contribution in [3.8, 4) is 16.9 Å². The van der Waals surface area contributed by atoms with Crippen molar-refractivity contribution >= 4 is 34.3 Å². The predicted octanol–water partition coefficient (Wildman–Crippen LogP) is 5.86. The molecular weight excluding hydrogens is 447 g/mol. The maximum atomic E-state index is 14.4. The van der Waals surface area contributed by atoms with Gasteiger partial charge in [0.2, 0.25) is 5.43 Å². The Hall–Kier alpha value is -2.99. The van der Waals surface area contributed by atoms with Crippen LogP contribution in [-0.4, -0.2) is 11.8 Å². The highest BCUT2D eigenvalue weighted by Gasteiger charge is 2.42. The average Bonchev–Trinajstić information content (AvgIpc) is 2.75. The molecule has 0 spiro atoms. The largest absolute Gasteiger partial charge is 0.460 e. The molecule has 5 rings (SSSR count). The fourth-order valence-corrected chi connectivity index (χ4v) is 5.50. The van der Waals surface area contributed by atoms with Gasteiger partial charge >= 0.3 is 5.97 Å². The van der Waals surface area contributed by atoms with Crippen LogP contribution in [0.25, 0.3) is 22.1 Å². The number of hydrogen-bond acceptors (Lipinski definition) is 5. The maximum absolute atomic E-state index is 14.4. The summed E-state index contributed by atoms with van der Waals surface area (Å²) in [6.45, 7) is 1.56. The van der Waals surface area contributed by atoms with Crippen LogP contribution in [0.1, 0.15) is 37.9 Å². The molecule has 0 radical (unpaired) electrons. The lowest BCUT2D eigenvalue weighted by molar-refractivity contribution is -0.145. The van der Waals surface area contributed by atoms with E-state index in [1.807, 2.05) is 0 Å². The first-order valence-electron chi connectivity index (χ1n) is 11.1. The molecule has 3 aromatic rings. The minimum atomic E-state index is -0.612. The first-order chi connectivity index (χ1) is 15.8. The van der Waals surface area contributed by atoms with Crippen molar-refractivity contribution in [2.75, 3.05) is 0 Å². The van der Waals surface area contributed by atoms with Crippen molar-refractivity contribution in [2.24, 2.45) is 17.8 Å². The van der Waals surface area contributed by atoms with E-state index in [9.17, 15) is 18.8 Å². The number of fused-ring (bicyclic) bond motifs is 3. The van der Waals surface area contributed by atoms with Crippen LogP contribution in [0.2, 0.25) is 5.02 Å². The van der Waals surface area contributed by atoms with Crippen LogP contribution in [0.15, 0.2) is 45.6 Å². The third kappa shape index (κ3) is 3.86. The zero-order chi connectivity index (χ0) is 23.3. The van der Waals surface area contributed by atoms with E-state index in [1.54, 1.807) is 6.92 Å². The molecular formula is C26H22ClFO5. The van der Waals surface area contributed by atoms with Gasteiger partial charge in [0.25, 0.3) is 0 Å². The summed E-state index contributed by atoms with van der Waals surface area (Å²) in [5, 5.41) is 0.346. The zero-order valence-corrected chi connectivity index (χ0v) is 18.8. The highest BCUT2D eigenvalue weighted by molar-refractivity contribution is 6.33. The van der Waals surface area contributed by atoms with Gasteiger partial charge in [-0.1, -0.05) is 24.1 Å². The third-order valence-corrected chi connectivity index (χ3v) is 7.17. The van der Waals surface area contributed by atoms with Crippen molar-refractivity contribution in [3.63, 3.8) is 0 Å². The van der Waals surface area contributed by atoms with E-state index in [-0.39, 0.29) is 62.4 Å². The molecule has 0 saturated heterocycles. The van der Waals surface area contributed by atoms with Crippen LogP contribution >= 0.6 is 11.6 Å². The lowest BCUT2D eigenvalue weighted by Gasteiger charge is -2.36. The number of benzene rings is 2. The second-order valence-corrected chi connectivity index (χ2v) is 9.34. The Bertz CT molecular complexity index is 1310. The summed E-state index contributed by atoms with van der Waals surface area (Å²) >= 11 is 6.16. The van der Waals surface area contributed by atoms with Gasteiger partial charge < -0.3 is 9.15 Å². The van der Waals surface area contributed by atoms with Crippen LogP contribution in [0.5, 0.6) is 5.75 Å². The maximum Gasteiger partial charge on any atom is 0.314 e.